The highest BCUT2D eigenvalue weighted by Gasteiger charge is 2.50. The lowest BCUT2D eigenvalue weighted by molar-refractivity contribution is 0.00554. The zero-order valence-corrected chi connectivity index (χ0v) is 19.6. The van der Waals surface area contributed by atoms with Crippen molar-refractivity contribution in [2.45, 2.75) is 71.7 Å². The molecule has 0 bridgehead atoms. The van der Waals surface area contributed by atoms with E-state index in [0.29, 0.717) is 0 Å². The molecule has 0 spiro atoms. The SMILES string of the molecule is COc1ccc2c(c1)[C@@](O)(C1=CC(C)(C)CCC1)[C@H]([C@H](C)C#C[Si](C)(C)C)C2. The van der Waals surface area contributed by atoms with E-state index in [1.807, 2.05) is 6.07 Å². The largest absolute Gasteiger partial charge is 0.497 e. The Bertz CT molecular complexity index is 834. The van der Waals surface area contributed by atoms with Gasteiger partial charge in [-0.25, -0.2) is 0 Å². The van der Waals surface area contributed by atoms with Crippen molar-refractivity contribution in [2.24, 2.45) is 17.3 Å². The lowest BCUT2D eigenvalue weighted by atomic mass is 9.68. The standard InChI is InChI=1S/C25H36O2Si/c1-18(12-14-28(5,6)7)22-15-19-10-11-21(27-4)16-23(19)25(22,26)20-9-8-13-24(2,3)17-20/h10-11,16-18,22,26H,8-9,13,15H2,1-7H3/t18-,22+,25-/m1/s1. The van der Waals surface area contributed by atoms with Gasteiger partial charge >= 0.3 is 0 Å². The van der Waals surface area contributed by atoms with E-state index in [1.165, 1.54) is 17.6 Å². The van der Waals surface area contributed by atoms with Crippen LogP contribution in [0.15, 0.2) is 29.8 Å². The van der Waals surface area contributed by atoms with Crippen LogP contribution in [0.5, 0.6) is 5.75 Å². The molecule has 2 aliphatic carbocycles. The van der Waals surface area contributed by atoms with Crippen LogP contribution >= 0.6 is 0 Å². The molecule has 0 amide bonds. The highest BCUT2D eigenvalue weighted by Crippen LogP contribution is 2.53. The molecule has 0 radical (unpaired) electrons. The number of ether oxygens (including phenoxy) is 1. The molecule has 0 unspecified atom stereocenters. The monoisotopic (exact) mass is 396 g/mol. The van der Waals surface area contributed by atoms with Crippen molar-refractivity contribution < 1.29 is 9.84 Å². The highest BCUT2D eigenvalue weighted by atomic mass is 28.3. The minimum absolute atomic E-state index is 0.0820. The summed E-state index contributed by atoms with van der Waals surface area (Å²) in [5, 5.41) is 12.3. The van der Waals surface area contributed by atoms with Crippen LogP contribution in [0.3, 0.4) is 0 Å². The zero-order chi connectivity index (χ0) is 20.7. The molecule has 0 saturated carbocycles. The Kier molecular flexibility index (Phi) is 5.60. The summed E-state index contributed by atoms with van der Waals surface area (Å²) < 4.78 is 5.50. The third kappa shape index (κ3) is 4.09. The fraction of sp³-hybridized carbons (Fsp3) is 0.600. The maximum atomic E-state index is 12.3. The summed E-state index contributed by atoms with van der Waals surface area (Å²) >= 11 is 0. The lowest BCUT2D eigenvalue weighted by Gasteiger charge is -2.40. The molecule has 0 saturated heterocycles. The summed E-state index contributed by atoms with van der Waals surface area (Å²) in [5.74, 6) is 4.57. The summed E-state index contributed by atoms with van der Waals surface area (Å²) in [5.41, 5.74) is 6.17. The van der Waals surface area contributed by atoms with E-state index in [0.717, 1.165) is 30.6 Å². The first-order chi connectivity index (χ1) is 13.0. The summed E-state index contributed by atoms with van der Waals surface area (Å²) in [4.78, 5) is 0. The van der Waals surface area contributed by atoms with Crippen LogP contribution in [-0.2, 0) is 12.0 Å². The van der Waals surface area contributed by atoms with Crippen molar-refractivity contribution in [1.29, 1.82) is 0 Å². The predicted octanol–water partition coefficient (Wildman–Crippen LogP) is 5.71. The number of rotatable bonds is 3. The van der Waals surface area contributed by atoms with Crippen LogP contribution in [0.2, 0.25) is 19.6 Å². The number of hydrogen-bond acceptors (Lipinski definition) is 2. The first kappa shape index (κ1) is 21.2. The van der Waals surface area contributed by atoms with E-state index in [4.69, 9.17) is 4.74 Å². The second-order valence-electron chi connectivity index (χ2n) is 10.4. The van der Waals surface area contributed by atoms with Gasteiger partial charge in [-0.05, 0) is 59.9 Å². The molecule has 3 heteroatoms. The molecule has 3 rings (SSSR count). The number of benzene rings is 1. The van der Waals surface area contributed by atoms with Gasteiger partial charge in [0.05, 0.1) is 7.11 Å². The van der Waals surface area contributed by atoms with E-state index in [1.54, 1.807) is 7.11 Å². The van der Waals surface area contributed by atoms with Crippen LogP contribution in [0.25, 0.3) is 0 Å². The van der Waals surface area contributed by atoms with Gasteiger partial charge in [-0.3, -0.25) is 0 Å². The number of aliphatic hydroxyl groups is 1. The fourth-order valence-corrected chi connectivity index (χ4v) is 5.49. The Hall–Kier alpha value is -1.50. The van der Waals surface area contributed by atoms with Gasteiger partial charge in [0.2, 0.25) is 0 Å². The molecule has 0 aromatic heterocycles. The van der Waals surface area contributed by atoms with Gasteiger partial charge in [-0.2, -0.15) is 0 Å². The van der Waals surface area contributed by atoms with E-state index in [-0.39, 0.29) is 17.3 Å². The molecule has 152 valence electrons. The first-order valence-corrected chi connectivity index (χ1v) is 14.1. The van der Waals surface area contributed by atoms with E-state index in [9.17, 15) is 5.11 Å². The molecule has 1 aromatic carbocycles. The second-order valence-corrected chi connectivity index (χ2v) is 15.2. The topological polar surface area (TPSA) is 29.5 Å². The summed E-state index contributed by atoms with van der Waals surface area (Å²) in [6, 6.07) is 6.20. The Morgan fingerprint density at radius 1 is 1.25 bits per heavy atom. The molecule has 0 heterocycles. The minimum atomic E-state index is -1.45. The highest BCUT2D eigenvalue weighted by molar-refractivity contribution is 6.83. The van der Waals surface area contributed by atoms with E-state index >= 15 is 0 Å². The molecule has 1 N–H and O–H groups in total. The maximum Gasteiger partial charge on any atom is 0.129 e. The Balaban J connectivity index is 2.12. The van der Waals surface area contributed by atoms with Crippen molar-refractivity contribution >= 4 is 8.07 Å². The molecule has 0 fully saturated rings. The van der Waals surface area contributed by atoms with Gasteiger partial charge in [-0.1, -0.05) is 52.6 Å². The van der Waals surface area contributed by atoms with Crippen molar-refractivity contribution in [2.75, 3.05) is 7.11 Å². The van der Waals surface area contributed by atoms with Gasteiger partial charge in [-0.15, -0.1) is 11.5 Å². The number of fused-ring (bicyclic) bond motifs is 1. The van der Waals surface area contributed by atoms with E-state index < -0.39 is 13.7 Å². The lowest BCUT2D eigenvalue weighted by Crippen LogP contribution is -2.39. The minimum Gasteiger partial charge on any atom is -0.497 e. The van der Waals surface area contributed by atoms with Gasteiger partial charge in [0.15, 0.2) is 0 Å². The molecule has 28 heavy (non-hydrogen) atoms. The van der Waals surface area contributed by atoms with Crippen molar-refractivity contribution in [3.63, 3.8) is 0 Å². The van der Waals surface area contributed by atoms with E-state index in [2.05, 4.69) is 70.1 Å². The number of hydrogen-bond donors (Lipinski definition) is 1. The Morgan fingerprint density at radius 2 is 1.96 bits per heavy atom. The molecule has 2 aliphatic rings. The first-order valence-electron chi connectivity index (χ1n) is 10.6. The van der Waals surface area contributed by atoms with Crippen molar-refractivity contribution in [1.82, 2.24) is 0 Å². The van der Waals surface area contributed by atoms with Gasteiger partial charge in [0.25, 0.3) is 0 Å². The average Bonchev–Trinajstić information content (AvgIpc) is 2.92. The summed E-state index contributed by atoms with van der Waals surface area (Å²) in [6.07, 6.45) is 6.47. The zero-order valence-electron chi connectivity index (χ0n) is 18.6. The number of allylic oxidation sites excluding steroid dienone is 1. The number of methoxy groups -OCH3 is 1. The molecular weight excluding hydrogens is 360 g/mol. The average molecular weight is 397 g/mol. The fourth-order valence-electron chi connectivity index (χ4n) is 4.83. The molecule has 1 aromatic rings. The summed E-state index contributed by atoms with van der Waals surface area (Å²) in [7, 11) is 0.241. The van der Waals surface area contributed by atoms with Crippen LogP contribution in [0.4, 0.5) is 0 Å². The van der Waals surface area contributed by atoms with Crippen LogP contribution in [0, 0.1) is 28.7 Å². The van der Waals surface area contributed by atoms with Gasteiger partial charge in [0, 0.05) is 11.8 Å². The van der Waals surface area contributed by atoms with Crippen LogP contribution < -0.4 is 4.74 Å². The summed E-state index contributed by atoms with van der Waals surface area (Å²) in [6.45, 7) is 13.6. The predicted molar refractivity (Wildman–Crippen MR) is 120 cm³/mol. The maximum absolute atomic E-state index is 12.3. The van der Waals surface area contributed by atoms with Crippen LogP contribution in [-0.4, -0.2) is 20.3 Å². The van der Waals surface area contributed by atoms with Crippen molar-refractivity contribution in [3.8, 4) is 17.2 Å². The van der Waals surface area contributed by atoms with Gasteiger partial charge in [0.1, 0.15) is 19.4 Å². The molecular formula is C25H36O2Si. The Labute approximate surface area is 172 Å². The molecule has 2 nitrogen and oxygen atoms in total. The van der Waals surface area contributed by atoms with Crippen LogP contribution in [0.1, 0.15) is 51.2 Å². The van der Waals surface area contributed by atoms with Gasteiger partial charge < -0.3 is 9.84 Å². The molecule has 3 atom stereocenters. The third-order valence-corrected chi connectivity index (χ3v) is 7.20. The third-order valence-electron chi connectivity index (χ3n) is 6.30. The molecule has 0 aliphatic heterocycles. The quantitative estimate of drug-likeness (QED) is 0.403. The smallest absolute Gasteiger partial charge is 0.129 e. The second kappa shape index (κ2) is 7.39. The normalized spacial score (nSPS) is 27.3. The Morgan fingerprint density at radius 3 is 2.57 bits per heavy atom. The van der Waals surface area contributed by atoms with Crippen molar-refractivity contribution in [3.05, 3.63) is 41.0 Å².